The maximum absolute atomic E-state index is 13.1. The molecule has 3 rings (SSSR count). The van der Waals surface area contributed by atoms with Crippen molar-refractivity contribution in [3.8, 4) is 17.2 Å². The summed E-state index contributed by atoms with van der Waals surface area (Å²) in [5.74, 6) is 0.299. The topological polar surface area (TPSA) is 88.8 Å². The van der Waals surface area contributed by atoms with Crippen LogP contribution in [0.5, 0.6) is 11.5 Å². The van der Waals surface area contributed by atoms with Gasteiger partial charge in [-0.05, 0) is 55.3 Å². The number of halogens is 3. The monoisotopic (exact) mass is 506 g/mol. The number of alkyl halides is 3. The molecular formula is C25H25F3N2O6. The Morgan fingerprint density at radius 2 is 1.72 bits per heavy atom. The fourth-order valence-electron chi connectivity index (χ4n) is 3.47. The fourth-order valence-corrected chi connectivity index (χ4v) is 3.47. The Morgan fingerprint density at radius 3 is 2.31 bits per heavy atom. The number of carbonyl (C=O) groups excluding carboxylic acids is 1. The maximum Gasteiger partial charge on any atom is 0.431 e. The number of nitrogens with zero attached hydrogens (tertiary/aromatic N) is 2. The molecule has 3 aromatic rings. The number of esters is 1. The summed E-state index contributed by atoms with van der Waals surface area (Å²) >= 11 is 0. The highest BCUT2D eigenvalue weighted by Crippen LogP contribution is 2.27. The summed E-state index contributed by atoms with van der Waals surface area (Å²) in [6, 6.07) is 11.6. The SMILES string of the molecule is CCc1ccc(O[C@H](C)C(=O)OC)c(COc2ccc(-n3c(=O)cc(C(F)(F)F)n(C)c3=O)cc2)c1. The van der Waals surface area contributed by atoms with Crippen LogP contribution in [-0.2, 0) is 35.8 Å². The van der Waals surface area contributed by atoms with E-state index in [-0.39, 0.29) is 12.3 Å². The van der Waals surface area contributed by atoms with Crippen molar-refractivity contribution in [2.75, 3.05) is 7.11 Å². The van der Waals surface area contributed by atoms with E-state index in [9.17, 15) is 27.6 Å². The lowest BCUT2D eigenvalue weighted by Gasteiger charge is -2.17. The van der Waals surface area contributed by atoms with Gasteiger partial charge in [0.2, 0.25) is 0 Å². The highest BCUT2D eigenvalue weighted by molar-refractivity contribution is 5.74. The average molecular weight is 506 g/mol. The second-order valence-corrected chi connectivity index (χ2v) is 7.90. The number of carbonyl (C=O) groups is 1. The molecule has 0 bridgehead atoms. The molecular weight excluding hydrogens is 481 g/mol. The molecule has 0 N–H and O–H groups in total. The molecule has 0 amide bonds. The largest absolute Gasteiger partial charge is 0.489 e. The molecule has 1 heterocycles. The molecule has 36 heavy (non-hydrogen) atoms. The fraction of sp³-hybridized carbons (Fsp3) is 0.320. The van der Waals surface area contributed by atoms with Gasteiger partial charge >= 0.3 is 17.8 Å². The Balaban J connectivity index is 1.84. The van der Waals surface area contributed by atoms with Crippen LogP contribution in [0, 0.1) is 0 Å². The number of rotatable bonds is 8. The van der Waals surface area contributed by atoms with Crippen LogP contribution < -0.4 is 20.7 Å². The molecule has 11 heteroatoms. The Hall–Kier alpha value is -4.02. The van der Waals surface area contributed by atoms with Gasteiger partial charge in [0.05, 0.1) is 12.8 Å². The highest BCUT2D eigenvalue weighted by atomic mass is 19.4. The highest BCUT2D eigenvalue weighted by Gasteiger charge is 2.35. The zero-order valence-electron chi connectivity index (χ0n) is 20.1. The van der Waals surface area contributed by atoms with Gasteiger partial charge in [0.15, 0.2) is 6.10 Å². The van der Waals surface area contributed by atoms with E-state index in [0.717, 1.165) is 19.0 Å². The third-order valence-corrected chi connectivity index (χ3v) is 5.47. The van der Waals surface area contributed by atoms with Crippen LogP contribution in [0.3, 0.4) is 0 Å². The maximum atomic E-state index is 13.1. The van der Waals surface area contributed by atoms with Crippen molar-refractivity contribution in [2.24, 2.45) is 7.05 Å². The van der Waals surface area contributed by atoms with Gasteiger partial charge in [0.1, 0.15) is 23.8 Å². The molecule has 0 aliphatic heterocycles. The molecule has 1 atom stereocenters. The average Bonchev–Trinajstić information content (AvgIpc) is 2.85. The summed E-state index contributed by atoms with van der Waals surface area (Å²) in [7, 11) is 2.22. The van der Waals surface area contributed by atoms with Gasteiger partial charge in [-0.2, -0.15) is 13.2 Å². The van der Waals surface area contributed by atoms with Gasteiger partial charge in [-0.15, -0.1) is 0 Å². The normalized spacial score (nSPS) is 12.2. The minimum atomic E-state index is -4.84. The molecule has 2 aromatic carbocycles. The molecule has 1 aromatic heterocycles. The second kappa shape index (κ2) is 10.7. The summed E-state index contributed by atoms with van der Waals surface area (Å²) in [5, 5.41) is 0. The Labute approximate surface area is 204 Å². The van der Waals surface area contributed by atoms with E-state index in [0.29, 0.717) is 32.3 Å². The van der Waals surface area contributed by atoms with Crippen LogP contribution in [0.15, 0.2) is 58.1 Å². The molecule has 0 spiro atoms. The van der Waals surface area contributed by atoms with Crippen molar-refractivity contribution >= 4 is 5.97 Å². The first-order valence-corrected chi connectivity index (χ1v) is 11.0. The molecule has 0 saturated carbocycles. The number of aromatic nitrogens is 2. The van der Waals surface area contributed by atoms with Crippen LogP contribution in [0.1, 0.15) is 30.7 Å². The molecule has 192 valence electrons. The van der Waals surface area contributed by atoms with E-state index >= 15 is 0 Å². The lowest BCUT2D eigenvalue weighted by atomic mass is 10.1. The summed E-state index contributed by atoms with van der Waals surface area (Å²) in [4.78, 5) is 36.5. The van der Waals surface area contributed by atoms with Gasteiger partial charge in [0, 0.05) is 18.7 Å². The quantitative estimate of drug-likeness (QED) is 0.434. The van der Waals surface area contributed by atoms with Gasteiger partial charge < -0.3 is 14.2 Å². The van der Waals surface area contributed by atoms with Gasteiger partial charge in [-0.25, -0.2) is 14.2 Å². The van der Waals surface area contributed by atoms with Crippen LogP contribution in [0.25, 0.3) is 5.69 Å². The summed E-state index contributed by atoms with van der Waals surface area (Å²) in [5.41, 5.74) is -1.76. The zero-order chi connectivity index (χ0) is 26.6. The third-order valence-electron chi connectivity index (χ3n) is 5.47. The summed E-state index contributed by atoms with van der Waals surface area (Å²) in [6.07, 6.45) is -4.90. The van der Waals surface area contributed by atoms with E-state index in [1.807, 2.05) is 19.1 Å². The molecule has 0 fully saturated rings. The number of aryl methyl sites for hydroxylation is 1. The van der Waals surface area contributed by atoms with Crippen molar-refractivity contribution in [1.82, 2.24) is 9.13 Å². The molecule has 0 aliphatic carbocycles. The standard InChI is InChI=1S/C25H25F3N2O6/c1-5-16-6-11-20(36-15(2)23(32)34-4)17(12-16)14-35-19-9-7-18(8-10-19)30-22(31)13-21(25(26,27)28)29(3)24(30)33/h6-13,15H,5,14H2,1-4H3/t15-/m1/s1. The number of ether oxygens (including phenoxy) is 3. The van der Waals surface area contributed by atoms with Gasteiger partial charge in [-0.1, -0.05) is 13.0 Å². The van der Waals surface area contributed by atoms with Gasteiger partial charge in [0.25, 0.3) is 5.56 Å². The smallest absolute Gasteiger partial charge is 0.431 e. The predicted octanol–water partition coefficient (Wildman–Crippen LogP) is 3.64. The number of hydrogen-bond acceptors (Lipinski definition) is 6. The number of methoxy groups -OCH3 is 1. The summed E-state index contributed by atoms with van der Waals surface area (Å²) in [6.45, 7) is 3.64. The van der Waals surface area contributed by atoms with Crippen molar-refractivity contribution < 1.29 is 32.2 Å². The second-order valence-electron chi connectivity index (χ2n) is 7.90. The van der Waals surface area contributed by atoms with E-state index in [2.05, 4.69) is 0 Å². The molecule has 0 radical (unpaired) electrons. The number of benzene rings is 2. The third kappa shape index (κ3) is 5.78. The van der Waals surface area contributed by atoms with E-state index in [1.54, 1.807) is 13.0 Å². The van der Waals surface area contributed by atoms with Crippen LogP contribution >= 0.6 is 0 Å². The summed E-state index contributed by atoms with van der Waals surface area (Å²) < 4.78 is 56.5. The van der Waals surface area contributed by atoms with Crippen LogP contribution in [0.4, 0.5) is 13.2 Å². The lowest BCUT2D eigenvalue weighted by molar-refractivity contribution is -0.148. The van der Waals surface area contributed by atoms with Crippen LogP contribution in [0.2, 0.25) is 0 Å². The van der Waals surface area contributed by atoms with Gasteiger partial charge in [-0.3, -0.25) is 9.36 Å². The predicted molar refractivity (Wildman–Crippen MR) is 125 cm³/mol. The first-order valence-electron chi connectivity index (χ1n) is 11.0. The minimum Gasteiger partial charge on any atom is -0.489 e. The Kier molecular flexibility index (Phi) is 7.91. The van der Waals surface area contributed by atoms with E-state index < -0.39 is 35.2 Å². The minimum absolute atomic E-state index is 0.0818. The van der Waals surface area contributed by atoms with E-state index in [1.165, 1.54) is 31.4 Å². The zero-order valence-corrected chi connectivity index (χ0v) is 20.1. The first-order chi connectivity index (χ1) is 17.0. The van der Waals surface area contributed by atoms with Crippen molar-refractivity contribution in [3.05, 3.63) is 86.2 Å². The molecule has 8 nitrogen and oxygen atoms in total. The van der Waals surface area contributed by atoms with E-state index in [4.69, 9.17) is 14.2 Å². The van der Waals surface area contributed by atoms with Crippen molar-refractivity contribution in [3.63, 3.8) is 0 Å². The lowest BCUT2D eigenvalue weighted by Crippen LogP contribution is -2.40. The Bertz CT molecular complexity index is 1360. The molecule has 0 unspecified atom stereocenters. The molecule has 0 aliphatic rings. The Morgan fingerprint density at radius 1 is 1.06 bits per heavy atom. The van der Waals surface area contributed by atoms with Crippen LogP contribution in [-0.4, -0.2) is 28.3 Å². The van der Waals surface area contributed by atoms with Crippen molar-refractivity contribution in [1.29, 1.82) is 0 Å². The first kappa shape index (κ1) is 26.6. The number of hydrogen-bond donors (Lipinski definition) is 0. The van der Waals surface area contributed by atoms with Crippen molar-refractivity contribution in [2.45, 2.75) is 39.2 Å². The molecule has 0 saturated heterocycles.